The maximum atomic E-state index is 6.14. The number of rotatable bonds is 3. The van der Waals surface area contributed by atoms with Crippen molar-refractivity contribution in [1.82, 2.24) is 14.9 Å². The van der Waals surface area contributed by atoms with Crippen LogP contribution in [0.1, 0.15) is 5.56 Å². The molecule has 116 valence electrons. The van der Waals surface area contributed by atoms with E-state index < -0.39 is 0 Å². The van der Waals surface area contributed by atoms with Gasteiger partial charge in [0, 0.05) is 21.2 Å². The second-order valence-electron chi connectivity index (χ2n) is 4.58. The molecule has 1 N–H and O–H groups in total. The van der Waals surface area contributed by atoms with Crippen LogP contribution in [-0.2, 0) is 0 Å². The number of nitrogens with one attached hydrogen (secondary N) is 1. The third-order valence-electron chi connectivity index (χ3n) is 3.01. The monoisotopic (exact) mass is 382 g/mol. The Morgan fingerprint density at radius 3 is 2.61 bits per heavy atom. The van der Waals surface area contributed by atoms with Crippen LogP contribution in [0.2, 0.25) is 15.1 Å². The van der Waals surface area contributed by atoms with Crippen LogP contribution in [0.25, 0.3) is 11.4 Å². The van der Waals surface area contributed by atoms with Gasteiger partial charge in [0.05, 0.1) is 11.2 Å². The van der Waals surface area contributed by atoms with Crippen molar-refractivity contribution >= 4 is 53.2 Å². The van der Waals surface area contributed by atoms with Gasteiger partial charge in [-0.3, -0.25) is 0 Å². The molecule has 8 heteroatoms. The summed E-state index contributed by atoms with van der Waals surface area (Å²) in [6, 6.07) is 12.4. The van der Waals surface area contributed by atoms with Gasteiger partial charge in [0.1, 0.15) is 0 Å². The average molecular weight is 384 g/mol. The minimum absolute atomic E-state index is 0.362. The first-order chi connectivity index (χ1) is 11.0. The molecular formula is C15H9Cl3N4S. The van der Waals surface area contributed by atoms with E-state index in [1.54, 1.807) is 36.5 Å². The molecule has 0 fully saturated rings. The Hall–Kier alpha value is -1.66. The van der Waals surface area contributed by atoms with Crippen molar-refractivity contribution in [2.75, 3.05) is 0 Å². The lowest BCUT2D eigenvalue weighted by molar-refractivity contribution is 0.871. The zero-order valence-electron chi connectivity index (χ0n) is 11.5. The molecule has 0 atom stereocenters. The summed E-state index contributed by atoms with van der Waals surface area (Å²) in [5, 5.41) is 12.9. The number of aromatic amines is 1. The molecule has 0 radical (unpaired) electrons. The Bertz CT molecular complexity index is 946. The third-order valence-corrected chi connectivity index (χ3v) is 4.07. The highest BCUT2D eigenvalue weighted by atomic mass is 35.5. The first-order valence-electron chi connectivity index (χ1n) is 6.47. The molecule has 3 rings (SSSR count). The number of nitrogens with zero attached hydrogens (tertiary/aromatic N) is 3. The quantitative estimate of drug-likeness (QED) is 0.483. The second-order valence-corrected chi connectivity index (χ2v) is 6.25. The van der Waals surface area contributed by atoms with Gasteiger partial charge in [0.15, 0.2) is 5.82 Å². The van der Waals surface area contributed by atoms with Crippen LogP contribution < -0.4 is 0 Å². The van der Waals surface area contributed by atoms with E-state index in [0.29, 0.717) is 25.7 Å². The molecule has 0 saturated heterocycles. The molecule has 0 saturated carbocycles. The molecular weight excluding hydrogens is 375 g/mol. The highest BCUT2D eigenvalue weighted by Crippen LogP contribution is 2.22. The molecule has 0 aliphatic carbocycles. The summed E-state index contributed by atoms with van der Waals surface area (Å²) in [7, 11) is 0. The van der Waals surface area contributed by atoms with Gasteiger partial charge in [-0.2, -0.15) is 14.9 Å². The van der Waals surface area contributed by atoms with E-state index >= 15 is 0 Å². The Morgan fingerprint density at radius 1 is 1.09 bits per heavy atom. The zero-order valence-corrected chi connectivity index (χ0v) is 14.6. The largest absolute Gasteiger partial charge is 0.250 e. The number of aromatic nitrogens is 3. The maximum absolute atomic E-state index is 6.14. The van der Waals surface area contributed by atoms with Crippen LogP contribution >= 0.6 is 47.0 Å². The third kappa shape index (κ3) is 3.64. The van der Waals surface area contributed by atoms with Crippen LogP contribution in [0.15, 0.2) is 47.6 Å². The summed E-state index contributed by atoms with van der Waals surface area (Å²) in [6.45, 7) is 0. The van der Waals surface area contributed by atoms with Crippen molar-refractivity contribution in [3.8, 4) is 11.4 Å². The minimum Gasteiger partial charge on any atom is -0.250 e. The minimum atomic E-state index is 0.362. The SMILES string of the molecule is S=c1[nH]nc(-c2cccc(Cl)c2)n1/N=C\c1ccc(Cl)cc1Cl. The summed E-state index contributed by atoms with van der Waals surface area (Å²) in [5.74, 6) is 0.554. The Balaban J connectivity index is 2.02. The fourth-order valence-electron chi connectivity index (χ4n) is 1.94. The number of hydrogen-bond acceptors (Lipinski definition) is 3. The molecule has 0 aliphatic rings. The molecule has 1 aromatic heterocycles. The average Bonchev–Trinajstić information content (AvgIpc) is 2.87. The standard InChI is InChI=1S/C15H9Cl3N4S/c16-11-3-1-2-9(6-11)14-20-21-15(23)22(14)19-8-10-4-5-12(17)7-13(10)18/h1-8H,(H,21,23)/b19-8-. The number of H-pyrrole nitrogens is 1. The van der Waals surface area contributed by atoms with Gasteiger partial charge in [-0.25, -0.2) is 5.10 Å². The fraction of sp³-hybridized carbons (Fsp3) is 0. The zero-order chi connectivity index (χ0) is 16.4. The van der Waals surface area contributed by atoms with E-state index in [-0.39, 0.29) is 0 Å². The van der Waals surface area contributed by atoms with Crippen molar-refractivity contribution in [3.63, 3.8) is 0 Å². The molecule has 0 aliphatic heterocycles. The summed E-state index contributed by atoms with van der Waals surface area (Å²) in [4.78, 5) is 0. The lowest BCUT2D eigenvalue weighted by Gasteiger charge is -2.02. The molecule has 2 aromatic carbocycles. The van der Waals surface area contributed by atoms with E-state index in [1.807, 2.05) is 12.1 Å². The Morgan fingerprint density at radius 2 is 1.87 bits per heavy atom. The van der Waals surface area contributed by atoms with E-state index in [1.165, 1.54) is 4.68 Å². The van der Waals surface area contributed by atoms with Gasteiger partial charge in [-0.15, -0.1) is 0 Å². The topological polar surface area (TPSA) is 46.0 Å². The lowest BCUT2D eigenvalue weighted by atomic mass is 10.2. The van der Waals surface area contributed by atoms with Gasteiger partial charge in [-0.1, -0.05) is 53.0 Å². The molecule has 0 amide bonds. The van der Waals surface area contributed by atoms with Gasteiger partial charge in [0.25, 0.3) is 0 Å². The molecule has 0 spiro atoms. The number of halogens is 3. The normalized spacial score (nSPS) is 11.3. The van der Waals surface area contributed by atoms with E-state index in [0.717, 1.165) is 11.1 Å². The lowest BCUT2D eigenvalue weighted by Crippen LogP contribution is -1.95. The molecule has 3 aromatic rings. The molecule has 1 heterocycles. The predicted octanol–water partition coefficient (Wildman–Crippen LogP) is 5.45. The number of hydrogen-bond donors (Lipinski definition) is 1. The van der Waals surface area contributed by atoms with Crippen molar-refractivity contribution in [2.45, 2.75) is 0 Å². The maximum Gasteiger partial charge on any atom is 0.216 e. The molecule has 0 unspecified atom stereocenters. The molecule has 23 heavy (non-hydrogen) atoms. The van der Waals surface area contributed by atoms with Gasteiger partial charge in [-0.05, 0) is 36.5 Å². The summed E-state index contributed by atoms with van der Waals surface area (Å²) in [6.07, 6.45) is 1.60. The smallest absolute Gasteiger partial charge is 0.216 e. The van der Waals surface area contributed by atoms with E-state index in [9.17, 15) is 0 Å². The van der Waals surface area contributed by atoms with E-state index in [4.69, 9.17) is 47.0 Å². The summed E-state index contributed by atoms with van der Waals surface area (Å²) >= 11 is 23.3. The first-order valence-corrected chi connectivity index (χ1v) is 8.01. The van der Waals surface area contributed by atoms with Crippen LogP contribution in [0.5, 0.6) is 0 Å². The van der Waals surface area contributed by atoms with Crippen LogP contribution in [0, 0.1) is 4.77 Å². The van der Waals surface area contributed by atoms with Crippen molar-refractivity contribution in [1.29, 1.82) is 0 Å². The second kappa shape index (κ2) is 6.84. The van der Waals surface area contributed by atoms with Gasteiger partial charge >= 0.3 is 0 Å². The van der Waals surface area contributed by atoms with Crippen LogP contribution in [0.4, 0.5) is 0 Å². The van der Waals surface area contributed by atoms with Crippen LogP contribution in [-0.4, -0.2) is 21.1 Å². The Labute approximate surface area is 152 Å². The first kappa shape index (κ1) is 16.2. The van der Waals surface area contributed by atoms with Gasteiger partial charge in [0.2, 0.25) is 4.77 Å². The summed E-state index contributed by atoms with van der Waals surface area (Å²) < 4.78 is 1.87. The highest BCUT2D eigenvalue weighted by molar-refractivity contribution is 7.71. The fourth-order valence-corrected chi connectivity index (χ4v) is 2.77. The summed E-state index contributed by atoms with van der Waals surface area (Å²) in [5.41, 5.74) is 1.51. The Kier molecular flexibility index (Phi) is 4.82. The van der Waals surface area contributed by atoms with Crippen molar-refractivity contribution in [2.24, 2.45) is 5.10 Å². The van der Waals surface area contributed by atoms with Crippen LogP contribution in [0.3, 0.4) is 0 Å². The van der Waals surface area contributed by atoms with Gasteiger partial charge < -0.3 is 0 Å². The van der Waals surface area contributed by atoms with Crippen molar-refractivity contribution < 1.29 is 0 Å². The highest BCUT2D eigenvalue weighted by Gasteiger charge is 2.08. The molecule has 4 nitrogen and oxygen atoms in total. The molecule has 0 bridgehead atoms. The van der Waals surface area contributed by atoms with E-state index in [2.05, 4.69) is 15.3 Å². The number of benzene rings is 2. The predicted molar refractivity (Wildman–Crippen MR) is 97.3 cm³/mol. The van der Waals surface area contributed by atoms with Crippen molar-refractivity contribution in [3.05, 3.63) is 67.9 Å².